The predicted octanol–water partition coefficient (Wildman–Crippen LogP) is 10.5. The van der Waals surface area contributed by atoms with Crippen molar-refractivity contribution >= 4 is 11.6 Å². The molecule has 0 heterocycles. The topological polar surface area (TPSA) is 243 Å². The Morgan fingerprint density at radius 1 is 0.353 bits per heavy atom. The van der Waals surface area contributed by atoms with Crippen LogP contribution < -0.4 is 0 Å². The summed E-state index contributed by atoms with van der Waals surface area (Å²) in [6, 6.07) is 37.7. The number of aromatic hydroxyl groups is 12. The van der Waals surface area contributed by atoms with E-state index in [-0.39, 0.29) is 74.6 Å². The van der Waals surface area contributed by atoms with Gasteiger partial charge in [-0.15, -0.1) is 0 Å². The number of rotatable bonds is 8. The Morgan fingerprint density at radius 2 is 0.809 bits per heavy atom. The molecule has 10 rings (SSSR count). The van der Waals surface area contributed by atoms with Gasteiger partial charge < -0.3 is 61.3 Å². The molecule has 0 spiro atoms. The zero-order chi connectivity index (χ0) is 47.7. The van der Waals surface area contributed by atoms with E-state index in [1.54, 1.807) is 48.5 Å². The molecule has 8 aromatic carbocycles. The Hall–Kier alpha value is -8.90. The maximum Gasteiger partial charge on any atom is 0.123 e. The summed E-state index contributed by atoms with van der Waals surface area (Å²) in [6.45, 7) is 0. The van der Waals surface area contributed by atoms with E-state index in [9.17, 15) is 61.3 Å². The van der Waals surface area contributed by atoms with Gasteiger partial charge in [-0.2, -0.15) is 0 Å². The van der Waals surface area contributed by atoms with E-state index in [1.165, 1.54) is 103 Å². The van der Waals surface area contributed by atoms with Crippen LogP contribution in [0.5, 0.6) is 69.0 Å². The lowest BCUT2D eigenvalue weighted by Gasteiger charge is -2.36. The van der Waals surface area contributed by atoms with Gasteiger partial charge in [0, 0.05) is 76.5 Å². The highest BCUT2D eigenvalue weighted by Crippen LogP contribution is 2.67. The maximum absolute atomic E-state index is 12.7. The average Bonchev–Trinajstić information content (AvgIpc) is 3.79. The van der Waals surface area contributed by atoms with Crippen LogP contribution in [-0.2, 0) is 0 Å². The number of hydrogen-bond acceptors (Lipinski definition) is 12. The molecule has 0 saturated heterocycles. The first-order valence-corrected chi connectivity index (χ1v) is 21.7. The molecule has 12 nitrogen and oxygen atoms in total. The van der Waals surface area contributed by atoms with Crippen molar-refractivity contribution in [3.63, 3.8) is 0 Å². The van der Waals surface area contributed by atoms with Crippen molar-refractivity contribution < 1.29 is 61.3 Å². The molecule has 0 saturated carbocycles. The number of phenolic OH excluding ortho intramolecular Hbond substituents is 12. The second-order valence-corrected chi connectivity index (χ2v) is 17.6. The minimum Gasteiger partial charge on any atom is -0.508 e. The van der Waals surface area contributed by atoms with Crippen molar-refractivity contribution in [2.75, 3.05) is 0 Å². The van der Waals surface area contributed by atoms with Gasteiger partial charge in [0.25, 0.3) is 0 Å². The number of fused-ring (bicyclic) bond motifs is 2. The normalized spacial score (nSPS) is 19.4. The van der Waals surface area contributed by atoms with Gasteiger partial charge in [-0.3, -0.25) is 0 Å². The maximum atomic E-state index is 12.7. The van der Waals surface area contributed by atoms with Gasteiger partial charge >= 0.3 is 0 Å². The van der Waals surface area contributed by atoms with Crippen LogP contribution in [-0.4, -0.2) is 61.3 Å². The summed E-state index contributed by atoms with van der Waals surface area (Å²) in [5.74, 6) is -7.86. The van der Waals surface area contributed by atoms with Crippen LogP contribution in [0.15, 0.2) is 152 Å². The lowest BCUT2D eigenvalue weighted by Crippen LogP contribution is -2.22. The summed E-state index contributed by atoms with van der Waals surface area (Å²) in [6.07, 6.45) is 1.82. The molecule has 0 amide bonds. The highest BCUT2D eigenvalue weighted by molar-refractivity contribution is 5.93. The van der Waals surface area contributed by atoms with Gasteiger partial charge in [0.05, 0.1) is 0 Å². The highest BCUT2D eigenvalue weighted by atomic mass is 16.3. The molecule has 0 fully saturated rings. The molecule has 12 N–H and O–H groups in total. The fourth-order valence-electron chi connectivity index (χ4n) is 11.0. The van der Waals surface area contributed by atoms with Crippen molar-refractivity contribution in [3.05, 3.63) is 213 Å². The Bertz CT molecular complexity index is 3250. The van der Waals surface area contributed by atoms with Gasteiger partial charge in [-0.25, -0.2) is 0 Å². The minimum atomic E-state index is -1.05. The molecule has 1 unspecified atom stereocenters. The first-order valence-electron chi connectivity index (χ1n) is 21.7. The van der Waals surface area contributed by atoms with Crippen LogP contribution in [0.4, 0.5) is 0 Å². The van der Waals surface area contributed by atoms with Crippen molar-refractivity contribution in [3.8, 4) is 69.0 Å². The molecule has 0 bridgehead atoms. The lowest BCUT2D eigenvalue weighted by atomic mass is 9.66. The minimum absolute atomic E-state index is 0.0128. The van der Waals surface area contributed by atoms with E-state index in [1.807, 2.05) is 6.08 Å². The monoisotopic (exact) mass is 908 g/mol. The van der Waals surface area contributed by atoms with Crippen LogP contribution in [0, 0.1) is 0 Å². The van der Waals surface area contributed by atoms with Gasteiger partial charge in [-0.1, -0.05) is 54.6 Å². The number of phenols is 12. The van der Waals surface area contributed by atoms with E-state index in [0.717, 1.165) is 0 Å². The van der Waals surface area contributed by atoms with E-state index in [0.29, 0.717) is 61.2 Å². The van der Waals surface area contributed by atoms with Gasteiger partial charge in [0.2, 0.25) is 0 Å². The van der Waals surface area contributed by atoms with Crippen molar-refractivity contribution in [1.29, 1.82) is 0 Å². The largest absolute Gasteiger partial charge is 0.508 e. The van der Waals surface area contributed by atoms with E-state index >= 15 is 0 Å². The van der Waals surface area contributed by atoms with Gasteiger partial charge in [0.1, 0.15) is 69.0 Å². The fraction of sp³-hybridized carbons (Fsp3) is 0.107. The summed E-state index contributed by atoms with van der Waals surface area (Å²) < 4.78 is 0. The van der Waals surface area contributed by atoms with Crippen LogP contribution >= 0.6 is 0 Å². The zero-order valence-electron chi connectivity index (χ0n) is 35.8. The number of allylic oxidation sites excluding steroid dienone is 1. The van der Waals surface area contributed by atoms with Crippen LogP contribution in [0.2, 0.25) is 0 Å². The Balaban J connectivity index is 1.33. The Morgan fingerprint density at radius 3 is 1.38 bits per heavy atom. The van der Waals surface area contributed by atoms with Gasteiger partial charge in [-0.05, 0) is 129 Å². The second-order valence-electron chi connectivity index (χ2n) is 17.6. The molecule has 68 heavy (non-hydrogen) atoms. The van der Waals surface area contributed by atoms with Crippen molar-refractivity contribution in [2.45, 2.75) is 35.5 Å². The molecular formula is C56H44O12. The third-order valence-corrected chi connectivity index (χ3v) is 13.5. The number of benzene rings is 8. The van der Waals surface area contributed by atoms with Crippen LogP contribution in [0.3, 0.4) is 0 Å². The summed E-state index contributed by atoms with van der Waals surface area (Å²) in [5, 5.41) is 135. The molecule has 2 aliphatic rings. The van der Waals surface area contributed by atoms with Gasteiger partial charge in [0.15, 0.2) is 0 Å². The second kappa shape index (κ2) is 16.5. The van der Waals surface area contributed by atoms with Crippen LogP contribution in [0.25, 0.3) is 11.6 Å². The molecule has 0 aliphatic heterocycles. The molecule has 8 aromatic rings. The molecule has 2 aliphatic carbocycles. The first kappa shape index (κ1) is 43.0. The number of hydrogen-bond donors (Lipinski definition) is 12. The standard InChI is InChI=1S/C56H44O12/c57-32-9-1-27(2-10-32)17-41-42-21-38(63)24-45(66)53(42)49(29-5-13-34(59)14-6-29)52(41)43-22-39(64)25-46(67)54(43)50(30-7-15-35(60)16-8-30)56-44-23-40(65)26-47(68)55(44)48(28-3-11-33(58)12-4-28)51(56)31-18-36(61)20-37(62)19-31/h1-26,48-52,56-68H/b41-17+/t48-,49-,50?,51-,52-,56+/m1/s1. The van der Waals surface area contributed by atoms with E-state index < -0.39 is 35.5 Å². The SMILES string of the molecule is Oc1ccc(/C=C2\c3cc(O)cc(O)c3[C@H](c3ccc(O)cc3)[C@H]2c2cc(O)cc(O)c2C(c2ccc(O)cc2)[C@@H]2c3cc(O)cc(O)c3[C@H](c3ccc(O)cc3)[C@H]2c2cc(O)cc(O)c2)cc1. The smallest absolute Gasteiger partial charge is 0.123 e. The molecule has 6 atom stereocenters. The van der Waals surface area contributed by atoms with E-state index in [4.69, 9.17) is 0 Å². The quantitative estimate of drug-likeness (QED) is 0.0681. The molecule has 0 radical (unpaired) electrons. The molecule has 12 heteroatoms. The van der Waals surface area contributed by atoms with E-state index in [2.05, 4.69) is 0 Å². The molecule has 0 aromatic heterocycles. The Kier molecular flexibility index (Phi) is 10.4. The highest BCUT2D eigenvalue weighted by Gasteiger charge is 2.51. The summed E-state index contributed by atoms with van der Waals surface area (Å²) in [5.41, 5.74) is 5.40. The van der Waals surface area contributed by atoms with Crippen molar-refractivity contribution in [1.82, 2.24) is 0 Å². The summed E-state index contributed by atoms with van der Waals surface area (Å²) in [4.78, 5) is 0. The summed E-state index contributed by atoms with van der Waals surface area (Å²) >= 11 is 0. The van der Waals surface area contributed by atoms with Crippen LogP contribution in [0.1, 0.15) is 96.7 Å². The lowest BCUT2D eigenvalue weighted by molar-refractivity contribution is 0.421. The predicted molar refractivity (Wildman–Crippen MR) is 253 cm³/mol. The molecular weight excluding hydrogens is 865 g/mol. The third-order valence-electron chi connectivity index (χ3n) is 13.5. The molecule has 340 valence electrons. The fourth-order valence-corrected chi connectivity index (χ4v) is 11.0. The third kappa shape index (κ3) is 7.47. The zero-order valence-corrected chi connectivity index (χ0v) is 35.8. The summed E-state index contributed by atoms with van der Waals surface area (Å²) in [7, 11) is 0. The average molecular weight is 909 g/mol. The Labute approximate surface area is 389 Å². The van der Waals surface area contributed by atoms with Crippen molar-refractivity contribution in [2.24, 2.45) is 0 Å². The first-order chi connectivity index (χ1) is 32.6.